The second-order valence-electron chi connectivity index (χ2n) is 6.56. The Morgan fingerprint density at radius 3 is 2.96 bits per heavy atom. The quantitative estimate of drug-likeness (QED) is 0.710. The van der Waals surface area contributed by atoms with Gasteiger partial charge in [0.15, 0.2) is 0 Å². The van der Waals surface area contributed by atoms with Crippen molar-refractivity contribution in [2.24, 2.45) is 0 Å². The molecular weight excluding hydrogens is 305 g/mol. The summed E-state index contributed by atoms with van der Waals surface area (Å²) in [5.41, 5.74) is 3.34. The van der Waals surface area contributed by atoms with Gasteiger partial charge in [-0.1, -0.05) is 6.42 Å². The summed E-state index contributed by atoms with van der Waals surface area (Å²) in [5.74, 6) is 0.812. The maximum Gasteiger partial charge on any atom is 0.138 e. The summed E-state index contributed by atoms with van der Waals surface area (Å²) in [4.78, 5) is 9.91. The van der Waals surface area contributed by atoms with Gasteiger partial charge in [0, 0.05) is 29.7 Å². The first kappa shape index (κ1) is 17.0. The van der Waals surface area contributed by atoms with Crippen LogP contribution in [0.25, 0.3) is 11.3 Å². The van der Waals surface area contributed by atoms with Gasteiger partial charge in [-0.3, -0.25) is 14.3 Å². The second kappa shape index (κ2) is 8.29. The third kappa shape index (κ3) is 4.35. The van der Waals surface area contributed by atoms with Gasteiger partial charge in [-0.15, -0.1) is 0 Å². The monoisotopic (exact) mass is 331 g/mol. The number of H-pyrrole nitrogens is 1. The fourth-order valence-corrected chi connectivity index (χ4v) is 2.97. The first-order chi connectivity index (χ1) is 11.8. The molecule has 0 unspecified atom stereocenters. The van der Waals surface area contributed by atoms with Gasteiger partial charge in [-0.2, -0.15) is 0 Å². The number of unbranched alkanes of at least 4 members (excludes halogenated alkanes) is 2. The number of aromatic nitrogens is 2. The molecule has 0 spiro atoms. The largest absolute Gasteiger partial charge is 0.490 e. The number of likely N-dealkylation sites (tertiary alicyclic amines) is 1. The Bertz CT molecular complexity index is 643. The smallest absolute Gasteiger partial charge is 0.138 e. The van der Waals surface area contributed by atoms with E-state index in [9.17, 15) is 4.39 Å². The highest BCUT2D eigenvalue weighted by Crippen LogP contribution is 2.24. The number of aromatic amines is 1. The zero-order valence-corrected chi connectivity index (χ0v) is 14.3. The summed E-state index contributed by atoms with van der Waals surface area (Å²) < 4.78 is 18.0. The van der Waals surface area contributed by atoms with Crippen LogP contribution < -0.4 is 4.74 Å². The van der Waals surface area contributed by atoms with Gasteiger partial charge in [0.05, 0.1) is 12.9 Å². The second-order valence-corrected chi connectivity index (χ2v) is 6.56. The molecule has 3 rings (SSSR count). The fourth-order valence-electron chi connectivity index (χ4n) is 2.97. The Balaban J connectivity index is 1.56. The minimum atomic E-state index is -0.215. The molecule has 1 N–H and O–H groups in total. The van der Waals surface area contributed by atoms with Gasteiger partial charge < -0.3 is 9.72 Å². The van der Waals surface area contributed by atoms with Gasteiger partial charge in [-0.25, -0.2) is 0 Å². The van der Waals surface area contributed by atoms with Crippen LogP contribution in [0.4, 0.5) is 4.39 Å². The molecule has 1 saturated heterocycles. The van der Waals surface area contributed by atoms with Gasteiger partial charge in [0.1, 0.15) is 12.4 Å². The number of alkyl halides is 1. The Labute approximate surface area is 143 Å². The van der Waals surface area contributed by atoms with E-state index >= 15 is 0 Å². The first-order valence-corrected chi connectivity index (χ1v) is 8.78. The van der Waals surface area contributed by atoms with E-state index in [4.69, 9.17) is 4.74 Å². The molecule has 1 atom stereocenters. The summed E-state index contributed by atoms with van der Waals surface area (Å²) in [5, 5.41) is 0. The van der Waals surface area contributed by atoms with Crippen molar-refractivity contribution >= 4 is 0 Å². The minimum Gasteiger partial charge on any atom is -0.490 e. The van der Waals surface area contributed by atoms with Crippen LogP contribution in [-0.2, 0) is 6.42 Å². The van der Waals surface area contributed by atoms with Gasteiger partial charge in [-0.05, 0) is 57.0 Å². The lowest BCUT2D eigenvalue weighted by atomic mass is 10.1. The molecule has 0 saturated carbocycles. The molecule has 2 aromatic heterocycles. The van der Waals surface area contributed by atoms with Crippen molar-refractivity contribution < 1.29 is 9.13 Å². The van der Waals surface area contributed by atoms with Crippen molar-refractivity contribution in [1.82, 2.24) is 14.9 Å². The van der Waals surface area contributed by atoms with Crippen LogP contribution in [0.3, 0.4) is 0 Å². The van der Waals surface area contributed by atoms with Crippen molar-refractivity contribution in [1.29, 1.82) is 0 Å². The van der Waals surface area contributed by atoms with Crippen molar-refractivity contribution in [2.75, 3.05) is 26.9 Å². The molecule has 0 aliphatic carbocycles. The molecule has 3 heterocycles. The van der Waals surface area contributed by atoms with Crippen molar-refractivity contribution in [3.8, 4) is 17.0 Å². The lowest BCUT2D eigenvalue weighted by molar-refractivity contribution is 0.0768. The number of nitrogens with zero attached hydrogens (tertiary/aromatic N) is 2. The molecule has 0 aromatic carbocycles. The van der Waals surface area contributed by atoms with Crippen LogP contribution in [-0.4, -0.2) is 47.8 Å². The van der Waals surface area contributed by atoms with E-state index in [1.807, 2.05) is 18.5 Å². The maximum atomic E-state index is 12.1. The summed E-state index contributed by atoms with van der Waals surface area (Å²) in [6.45, 7) is 1.66. The van der Waals surface area contributed by atoms with E-state index in [1.54, 1.807) is 6.20 Å². The number of hydrogen-bond acceptors (Lipinski definition) is 3. The molecule has 2 aromatic rings. The number of rotatable bonds is 9. The minimum absolute atomic E-state index is 0.215. The lowest BCUT2D eigenvalue weighted by Gasteiger charge is -2.37. The van der Waals surface area contributed by atoms with Gasteiger partial charge in [0.2, 0.25) is 0 Å². The van der Waals surface area contributed by atoms with Gasteiger partial charge >= 0.3 is 0 Å². The molecular formula is C19H26FN3O. The van der Waals surface area contributed by atoms with Crippen LogP contribution in [0.15, 0.2) is 30.7 Å². The summed E-state index contributed by atoms with van der Waals surface area (Å²) >= 11 is 0. The van der Waals surface area contributed by atoms with E-state index in [-0.39, 0.29) is 6.67 Å². The molecule has 24 heavy (non-hydrogen) atoms. The van der Waals surface area contributed by atoms with Crippen LogP contribution in [0, 0.1) is 0 Å². The van der Waals surface area contributed by atoms with Crippen LogP contribution in [0.2, 0.25) is 0 Å². The van der Waals surface area contributed by atoms with Crippen molar-refractivity contribution in [3.63, 3.8) is 0 Å². The summed E-state index contributed by atoms with van der Waals surface area (Å²) in [6.07, 6.45) is 10.5. The third-order valence-electron chi connectivity index (χ3n) is 4.75. The molecule has 1 aliphatic rings. The average Bonchev–Trinajstić information content (AvgIpc) is 3.07. The molecule has 0 radical (unpaired) electrons. The standard InChI is InChI=1S/C19H26FN3O/c1-23-8-6-17(23)14-24-18-10-16(12-21-13-18)19-9-15(11-22-19)5-3-2-4-7-20/h9-13,17,22H,2-8,14H2,1H3/t17-/m0/s1. The number of halogens is 1. The van der Waals surface area contributed by atoms with Crippen LogP contribution in [0.5, 0.6) is 5.75 Å². The number of likely N-dealkylation sites (N-methyl/N-ethyl adjacent to an activating group) is 1. The number of hydrogen-bond donors (Lipinski definition) is 1. The van der Waals surface area contributed by atoms with Crippen LogP contribution in [0.1, 0.15) is 31.2 Å². The van der Waals surface area contributed by atoms with E-state index in [0.717, 1.165) is 42.8 Å². The lowest BCUT2D eigenvalue weighted by Crippen LogP contribution is -2.48. The normalized spacial score (nSPS) is 17.7. The Morgan fingerprint density at radius 2 is 2.21 bits per heavy atom. The SMILES string of the molecule is CN1CC[C@H]1COc1cncc(-c2cc(CCCCCF)c[nH]2)c1. The fraction of sp³-hybridized carbons (Fsp3) is 0.526. The summed E-state index contributed by atoms with van der Waals surface area (Å²) in [7, 11) is 2.13. The highest BCUT2D eigenvalue weighted by molar-refractivity contribution is 5.60. The number of aryl methyl sites for hydroxylation is 1. The molecule has 0 bridgehead atoms. The Kier molecular flexibility index (Phi) is 5.86. The highest BCUT2D eigenvalue weighted by Gasteiger charge is 2.24. The maximum absolute atomic E-state index is 12.1. The van der Waals surface area contributed by atoms with Crippen LogP contribution >= 0.6 is 0 Å². The van der Waals surface area contributed by atoms with Crippen molar-refractivity contribution in [2.45, 2.75) is 38.1 Å². The average molecular weight is 331 g/mol. The van der Waals surface area contributed by atoms with E-state index in [0.29, 0.717) is 19.1 Å². The first-order valence-electron chi connectivity index (χ1n) is 8.78. The molecule has 1 aliphatic heterocycles. The molecule has 130 valence electrons. The number of pyridine rings is 1. The molecule has 5 heteroatoms. The van der Waals surface area contributed by atoms with Gasteiger partial charge in [0.25, 0.3) is 0 Å². The number of ether oxygens (including phenoxy) is 1. The Morgan fingerprint density at radius 1 is 1.29 bits per heavy atom. The van der Waals surface area contributed by atoms with E-state index < -0.39 is 0 Å². The molecule has 4 nitrogen and oxygen atoms in total. The van der Waals surface area contributed by atoms with E-state index in [2.05, 4.69) is 28.0 Å². The Hall–Kier alpha value is -1.88. The topological polar surface area (TPSA) is 41.1 Å². The highest BCUT2D eigenvalue weighted by atomic mass is 19.1. The number of nitrogens with one attached hydrogen (secondary N) is 1. The van der Waals surface area contributed by atoms with Crippen molar-refractivity contribution in [3.05, 3.63) is 36.3 Å². The summed E-state index contributed by atoms with van der Waals surface area (Å²) in [6, 6.07) is 4.70. The van der Waals surface area contributed by atoms with E-state index in [1.165, 1.54) is 12.0 Å². The zero-order chi connectivity index (χ0) is 16.8. The molecule has 0 amide bonds. The third-order valence-corrected chi connectivity index (χ3v) is 4.75. The predicted octanol–water partition coefficient (Wildman–Crippen LogP) is 3.84. The zero-order valence-electron chi connectivity index (χ0n) is 14.3. The molecule has 1 fully saturated rings. The predicted molar refractivity (Wildman–Crippen MR) is 94.1 cm³/mol.